The van der Waals surface area contributed by atoms with Crippen LogP contribution in [0.25, 0.3) is 0 Å². The quantitative estimate of drug-likeness (QED) is 0.523. The van der Waals surface area contributed by atoms with E-state index >= 15 is 0 Å². The normalized spacial score (nSPS) is 10.4. The highest BCUT2D eigenvalue weighted by molar-refractivity contribution is 5.52. The fourth-order valence-corrected chi connectivity index (χ4v) is 1.94. The van der Waals surface area contributed by atoms with E-state index in [1.807, 2.05) is 6.92 Å². The zero-order chi connectivity index (χ0) is 14.0. The Kier molecular flexibility index (Phi) is 3.46. The number of nitrogens with zero attached hydrogens (tertiary/aromatic N) is 1. The van der Waals surface area contributed by atoms with Gasteiger partial charge in [-0.1, -0.05) is 12.1 Å². The molecule has 0 radical (unpaired) electrons. The summed E-state index contributed by atoms with van der Waals surface area (Å²) < 4.78 is 13.3. The van der Waals surface area contributed by atoms with Gasteiger partial charge in [0.15, 0.2) is 0 Å². The molecule has 0 unspecified atom stereocenters. The Hall–Kier alpha value is -2.43. The number of benzene rings is 2. The number of nitro groups is 1. The van der Waals surface area contributed by atoms with Gasteiger partial charge in [0.25, 0.3) is 5.69 Å². The van der Waals surface area contributed by atoms with Crippen LogP contribution >= 0.6 is 0 Å². The van der Waals surface area contributed by atoms with Gasteiger partial charge in [0.1, 0.15) is 5.82 Å². The Morgan fingerprint density at radius 3 is 2.74 bits per heavy atom. The van der Waals surface area contributed by atoms with Crippen LogP contribution in [-0.4, -0.2) is 4.92 Å². The molecule has 0 bridgehead atoms. The van der Waals surface area contributed by atoms with Crippen LogP contribution in [0.5, 0.6) is 0 Å². The third-order valence-electron chi connectivity index (χ3n) is 3.04. The van der Waals surface area contributed by atoms with Crippen molar-refractivity contribution in [2.75, 3.05) is 5.73 Å². The van der Waals surface area contributed by atoms with Crippen molar-refractivity contribution in [1.29, 1.82) is 0 Å². The molecule has 0 fully saturated rings. The number of nitrogen functional groups attached to an aromatic ring is 1. The molecule has 5 heteroatoms. The van der Waals surface area contributed by atoms with Gasteiger partial charge in [0, 0.05) is 17.8 Å². The second kappa shape index (κ2) is 5.06. The Morgan fingerprint density at radius 2 is 2.05 bits per heavy atom. The number of rotatable bonds is 3. The van der Waals surface area contributed by atoms with Gasteiger partial charge in [-0.3, -0.25) is 10.1 Å². The van der Waals surface area contributed by atoms with Crippen molar-refractivity contribution in [2.24, 2.45) is 0 Å². The SMILES string of the molecule is Cc1c(N)cc(F)cc1Cc1cccc([N+](=O)[O-])c1. The molecule has 4 nitrogen and oxygen atoms in total. The lowest BCUT2D eigenvalue weighted by molar-refractivity contribution is -0.384. The zero-order valence-electron chi connectivity index (χ0n) is 10.4. The average molecular weight is 260 g/mol. The molecule has 0 atom stereocenters. The van der Waals surface area contributed by atoms with Crippen LogP contribution in [0, 0.1) is 22.9 Å². The lowest BCUT2D eigenvalue weighted by atomic mass is 9.99. The van der Waals surface area contributed by atoms with Crippen molar-refractivity contribution in [3.05, 3.63) is 69.0 Å². The van der Waals surface area contributed by atoms with Crippen molar-refractivity contribution in [3.8, 4) is 0 Å². The van der Waals surface area contributed by atoms with Crippen molar-refractivity contribution in [1.82, 2.24) is 0 Å². The summed E-state index contributed by atoms with van der Waals surface area (Å²) in [5.74, 6) is -0.400. The molecular formula is C14H13FN2O2. The molecule has 2 aromatic rings. The first-order valence-electron chi connectivity index (χ1n) is 5.75. The minimum absolute atomic E-state index is 0.0273. The van der Waals surface area contributed by atoms with Crippen molar-refractivity contribution < 1.29 is 9.31 Å². The van der Waals surface area contributed by atoms with Gasteiger partial charge in [-0.05, 0) is 42.2 Å². The molecule has 0 aliphatic rings. The monoisotopic (exact) mass is 260 g/mol. The van der Waals surface area contributed by atoms with Crippen molar-refractivity contribution >= 4 is 11.4 Å². The minimum Gasteiger partial charge on any atom is -0.398 e. The molecule has 0 saturated heterocycles. The lowest BCUT2D eigenvalue weighted by Crippen LogP contribution is -1.99. The number of nitro benzene ring substituents is 1. The van der Waals surface area contributed by atoms with Crippen LogP contribution in [0.3, 0.4) is 0 Å². The van der Waals surface area contributed by atoms with Crippen LogP contribution in [0.1, 0.15) is 16.7 Å². The van der Waals surface area contributed by atoms with Crippen LogP contribution in [0.4, 0.5) is 15.8 Å². The average Bonchev–Trinajstić information content (AvgIpc) is 2.35. The second-order valence-electron chi connectivity index (χ2n) is 4.38. The van der Waals surface area contributed by atoms with Crippen LogP contribution in [-0.2, 0) is 6.42 Å². The van der Waals surface area contributed by atoms with Crippen LogP contribution < -0.4 is 5.73 Å². The number of anilines is 1. The summed E-state index contributed by atoms with van der Waals surface area (Å²) in [5, 5.41) is 10.7. The maximum absolute atomic E-state index is 13.3. The zero-order valence-corrected chi connectivity index (χ0v) is 10.4. The highest BCUT2D eigenvalue weighted by Gasteiger charge is 2.09. The predicted octanol–water partition coefficient (Wildman–Crippen LogP) is 3.22. The predicted molar refractivity (Wildman–Crippen MR) is 71.5 cm³/mol. The Morgan fingerprint density at radius 1 is 1.32 bits per heavy atom. The minimum atomic E-state index is -0.448. The first-order chi connectivity index (χ1) is 8.97. The molecular weight excluding hydrogens is 247 g/mol. The Labute approximate surface area is 109 Å². The number of nitrogens with two attached hydrogens (primary N) is 1. The Balaban J connectivity index is 2.36. The van der Waals surface area contributed by atoms with Gasteiger partial charge in [-0.15, -0.1) is 0 Å². The Bertz CT molecular complexity index is 641. The highest BCUT2D eigenvalue weighted by Crippen LogP contribution is 2.22. The van der Waals surface area contributed by atoms with E-state index in [9.17, 15) is 14.5 Å². The van der Waals surface area contributed by atoms with Crippen LogP contribution in [0.15, 0.2) is 36.4 Å². The summed E-state index contributed by atoms with van der Waals surface area (Å²) in [6.07, 6.45) is 0.412. The summed E-state index contributed by atoms with van der Waals surface area (Å²) in [6, 6.07) is 8.98. The topological polar surface area (TPSA) is 69.2 Å². The molecule has 0 spiro atoms. The lowest BCUT2D eigenvalue weighted by Gasteiger charge is -2.09. The molecule has 2 N–H and O–H groups in total. The molecule has 19 heavy (non-hydrogen) atoms. The fraction of sp³-hybridized carbons (Fsp3) is 0.143. The molecule has 0 saturated carbocycles. The number of hydrogen-bond donors (Lipinski definition) is 1. The third-order valence-corrected chi connectivity index (χ3v) is 3.04. The fourth-order valence-electron chi connectivity index (χ4n) is 1.94. The van der Waals surface area contributed by atoms with E-state index in [2.05, 4.69) is 0 Å². The molecule has 0 aliphatic heterocycles. The van der Waals surface area contributed by atoms with Gasteiger partial charge in [0.2, 0.25) is 0 Å². The maximum atomic E-state index is 13.3. The van der Waals surface area contributed by atoms with E-state index in [0.717, 1.165) is 16.7 Å². The van der Waals surface area contributed by atoms with Gasteiger partial charge in [-0.25, -0.2) is 4.39 Å². The number of hydrogen-bond acceptors (Lipinski definition) is 3. The summed E-state index contributed by atoms with van der Waals surface area (Å²) in [6.45, 7) is 1.81. The molecule has 0 heterocycles. The maximum Gasteiger partial charge on any atom is 0.269 e. The van der Waals surface area contributed by atoms with E-state index in [-0.39, 0.29) is 5.69 Å². The first kappa shape index (κ1) is 13.0. The van der Waals surface area contributed by atoms with E-state index < -0.39 is 10.7 Å². The largest absolute Gasteiger partial charge is 0.398 e. The third kappa shape index (κ3) is 2.88. The molecule has 98 valence electrons. The van der Waals surface area contributed by atoms with E-state index in [1.54, 1.807) is 12.1 Å². The smallest absolute Gasteiger partial charge is 0.269 e. The number of non-ortho nitro benzene ring substituents is 1. The molecule has 2 rings (SSSR count). The first-order valence-corrected chi connectivity index (χ1v) is 5.75. The van der Waals surface area contributed by atoms with Crippen molar-refractivity contribution in [3.63, 3.8) is 0 Å². The van der Waals surface area contributed by atoms with E-state index in [0.29, 0.717) is 12.1 Å². The molecule has 0 amide bonds. The molecule has 0 aromatic heterocycles. The summed E-state index contributed by atoms with van der Waals surface area (Å²) in [4.78, 5) is 10.3. The van der Waals surface area contributed by atoms with Gasteiger partial charge >= 0.3 is 0 Å². The molecule has 2 aromatic carbocycles. The van der Waals surface area contributed by atoms with Crippen molar-refractivity contribution in [2.45, 2.75) is 13.3 Å². The summed E-state index contributed by atoms with van der Waals surface area (Å²) >= 11 is 0. The van der Waals surface area contributed by atoms with E-state index in [4.69, 9.17) is 5.73 Å². The molecule has 0 aliphatic carbocycles. The van der Waals surface area contributed by atoms with E-state index in [1.165, 1.54) is 24.3 Å². The highest BCUT2D eigenvalue weighted by atomic mass is 19.1. The van der Waals surface area contributed by atoms with Gasteiger partial charge in [0.05, 0.1) is 4.92 Å². The summed E-state index contributed by atoms with van der Waals surface area (Å²) in [5.41, 5.74) is 8.41. The van der Waals surface area contributed by atoms with Gasteiger partial charge < -0.3 is 5.73 Å². The summed E-state index contributed by atoms with van der Waals surface area (Å²) in [7, 11) is 0. The standard InChI is InChI=1S/C14H13FN2O2/c1-9-11(7-12(15)8-14(9)16)5-10-3-2-4-13(6-10)17(18)19/h2-4,6-8H,5,16H2,1H3. The van der Waals surface area contributed by atoms with Gasteiger partial charge in [-0.2, -0.15) is 0 Å². The second-order valence-corrected chi connectivity index (χ2v) is 4.38. The number of halogens is 1. The van der Waals surface area contributed by atoms with Crippen LogP contribution in [0.2, 0.25) is 0 Å².